The molecule has 0 bridgehead atoms. The number of rotatable bonds is 3. The second-order valence-electron chi connectivity index (χ2n) is 2.97. The fraction of sp³-hybridized carbons (Fsp3) is 0.273. The van der Waals surface area contributed by atoms with Crippen LogP contribution < -0.4 is 0 Å². The Bertz CT molecular complexity index is 374. The number of esters is 2. The predicted octanol–water partition coefficient (Wildman–Crippen LogP) is 2.47. The van der Waals surface area contributed by atoms with Crippen LogP contribution in [0.4, 0.5) is 0 Å². The molecule has 0 unspecified atom stereocenters. The highest BCUT2D eigenvalue weighted by molar-refractivity contribution is 9.10. The largest absolute Gasteiger partial charge is 0.393 e. The Kier molecular flexibility index (Phi) is 4.49. The fourth-order valence-corrected chi connectivity index (χ4v) is 1.46. The van der Waals surface area contributed by atoms with E-state index in [9.17, 15) is 9.59 Å². The molecule has 0 atom stereocenters. The van der Waals surface area contributed by atoms with Crippen LogP contribution in [0.1, 0.15) is 18.9 Å². The van der Waals surface area contributed by atoms with Gasteiger partial charge in [-0.2, -0.15) is 0 Å². The molecule has 0 saturated heterocycles. The van der Waals surface area contributed by atoms with Gasteiger partial charge in [-0.1, -0.05) is 41.1 Å². The monoisotopic (exact) mass is 270 g/mol. The summed E-state index contributed by atoms with van der Waals surface area (Å²) in [6.45, 7) is 1.65. The van der Waals surface area contributed by atoms with Crippen LogP contribution in [0.25, 0.3) is 0 Å². The van der Waals surface area contributed by atoms with Crippen LogP contribution in [-0.2, 0) is 20.7 Å². The lowest BCUT2D eigenvalue weighted by Gasteiger charge is -2.03. The third-order valence-electron chi connectivity index (χ3n) is 1.81. The highest BCUT2D eigenvalue weighted by Gasteiger charge is 2.10. The first-order chi connectivity index (χ1) is 7.13. The van der Waals surface area contributed by atoms with Gasteiger partial charge in [0, 0.05) is 10.9 Å². The first-order valence-corrected chi connectivity index (χ1v) is 5.39. The summed E-state index contributed by atoms with van der Waals surface area (Å²) in [7, 11) is 0. The molecule has 0 N–H and O–H groups in total. The third kappa shape index (κ3) is 3.83. The van der Waals surface area contributed by atoms with Crippen molar-refractivity contribution >= 4 is 27.9 Å². The molecule has 0 heterocycles. The first-order valence-electron chi connectivity index (χ1n) is 4.60. The summed E-state index contributed by atoms with van der Waals surface area (Å²) in [6.07, 6.45) is 0.314. The third-order valence-corrected chi connectivity index (χ3v) is 2.58. The Morgan fingerprint density at radius 3 is 2.53 bits per heavy atom. The van der Waals surface area contributed by atoms with E-state index in [-0.39, 0.29) is 12.8 Å². The van der Waals surface area contributed by atoms with Gasteiger partial charge in [-0.25, -0.2) is 0 Å². The van der Waals surface area contributed by atoms with Crippen LogP contribution >= 0.6 is 15.9 Å². The van der Waals surface area contributed by atoms with E-state index in [1.165, 1.54) is 0 Å². The van der Waals surface area contributed by atoms with Crippen molar-refractivity contribution in [2.24, 2.45) is 0 Å². The van der Waals surface area contributed by atoms with Gasteiger partial charge < -0.3 is 4.74 Å². The molecule has 0 aromatic heterocycles. The Labute approximate surface area is 96.6 Å². The van der Waals surface area contributed by atoms with Crippen molar-refractivity contribution in [1.82, 2.24) is 0 Å². The quantitative estimate of drug-likeness (QED) is 0.626. The molecule has 1 aromatic rings. The highest BCUT2D eigenvalue weighted by Crippen LogP contribution is 2.16. The number of ether oxygens (including phenoxy) is 1. The van der Waals surface area contributed by atoms with Gasteiger partial charge in [-0.15, -0.1) is 0 Å². The summed E-state index contributed by atoms with van der Waals surface area (Å²) >= 11 is 3.32. The topological polar surface area (TPSA) is 43.4 Å². The minimum atomic E-state index is -0.520. The van der Waals surface area contributed by atoms with Gasteiger partial charge in [0.15, 0.2) is 0 Å². The molecule has 1 aromatic carbocycles. The zero-order valence-electron chi connectivity index (χ0n) is 8.33. The summed E-state index contributed by atoms with van der Waals surface area (Å²) in [4.78, 5) is 22.1. The summed E-state index contributed by atoms with van der Waals surface area (Å²) < 4.78 is 5.40. The Morgan fingerprint density at radius 1 is 1.27 bits per heavy atom. The fourth-order valence-electron chi connectivity index (χ4n) is 1.03. The van der Waals surface area contributed by atoms with Crippen LogP contribution in [0.3, 0.4) is 0 Å². The van der Waals surface area contributed by atoms with Crippen LogP contribution in [0.5, 0.6) is 0 Å². The molecule has 0 aliphatic rings. The van der Waals surface area contributed by atoms with Crippen molar-refractivity contribution in [3.8, 4) is 0 Å². The van der Waals surface area contributed by atoms with Gasteiger partial charge in [0.25, 0.3) is 0 Å². The summed E-state index contributed by atoms with van der Waals surface area (Å²) in [5.41, 5.74) is 0.811. The number of hydrogen-bond acceptors (Lipinski definition) is 3. The van der Waals surface area contributed by atoms with Crippen molar-refractivity contribution in [1.29, 1.82) is 0 Å². The molecular weight excluding hydrogens is 260 g/mol. The molecule has 0 amide bonds. The van der Waals surface area contributed by atoms with Gasteiger partial charge in [-0.3, -0.25) is 9.59 Å². The highest BCUT2D eigenvalue weighted by atomic mass is 79.9. The molecule has 0 fully saturated rings. The SMILES string of the molecule is CCC(=O)OC(=O)Cc1ccccc1Br. The molecule has 4 heteroatoms. The van der Waals surface area contributed by atoms with Gasteiger partial charge in [0.1, 0.15) is 0 Å². The minimum Gasteiger partial charge on any atom is -0.393 e. The number of halogens is 1. The maximum Gasteiger partial charge on any atom is 0.317 e. The summed E-state index contributed by atoms with van der Waals surface area (Å²) in [5.74, 6) is -1.01. The van der Waals surface area contributed by atoms with Crippen molar-refractivity contribution in [3.63, 3.8) is 0 Å². The van der Waals surface area contributed by atoms with Gasteiger partial charge in [0.2, 0.25) is 0 Å². The number of benzene rings is 1. The average Bonchev–Trinajstić information content (AvgIpc) is 2.21. The van der Waals surface area contributed by atoms with Crippen molar-refractivity contribution in [3.05, 3.63) is 34.3 Å². The second-order valence-corrected chi connectivity index (χ2v) is 3.82. The lowest BCUT2D eigenvalue weighted by Crippen LogP contribution is -2.13. The van der Waals surface area contributed by atoms with E-state index in [2.05, 4.69) is 20.7 Å². The molecule has 0 aliphatic heterocycles. The summed E-state index contributed by atoms with van der Waals surface area (Å²) in [5, 5.41) is 0. The van der Waals surface area contributed by atoms with E-state index >= 15 is 0 Å². The van der Waals surface area contributed by atoms with Crippen LogP contribution in [-0.4, -0.2) is 11.9 Å². The van der Waals surface area contributed by atoms with Crippen molar-refractivity contribution < 1.29 is 14.3 Å². The predicted molar refractivity (Wildman–Crippen MR) is 59.2 cm³/mol. The van der Waals surface area contributed by atoms with Crippen molar-refractivity contribution in [2.75, 3.05) is 0 Å². The molecular formula is C11H11BrO3. The van der Waals surface area contributed by atoms with Crippen molar-refractivity contribution in [2.45, 2.75) is 19.8 Å². The smallest absolute Gasteiger partial charge is 0.317 e. The molecule has 80 valence electrons. The van der Waals surface area contributed by atoms with Crippen LogP contribution in [0.15, 0.2) is 28.7 Å². The molecule has 0 spiro atoms. The average molecular weight is 271 g/mol. The second kappa shape index (κ2) is 5.66. The maximum absolute atomic E-state index is 11.3. The standard InChI is InChI=1S/C11H11BrO3/c1-2-10(13)15-11(14)7-8-5-3-4-6-9(8)12/h3-6H,2,7H2,1H3. The Morgan fingerprint density at radius 2 is 1.93 bits per heavy atom. The zero-order chi connectivity index (χ0) is 11.3. The van der Waals surface area contributed by atoms with E-state index in [1.807, 2.05) is 24.3 Å². The molecule has 0 radical (unpaired) electrons. The number of hydrogen-bond donors (Lipinski definition) is 0. The van der Waals surface area contributed by atoms with E-state index < -0.39 is 11.9 Å². The maximum atomic E-state index is 11.3. The van der Waals surface area contributed by atoms with E-state index in [1.54, 1.807) is 6.92 Å². The molecule has 1 rings (SSSR count). The van der Waals surface area contributed by atoms with Crippen LogP contribution in [0, 0.1) is 0 Å². The normalized spacial score (nSPS) is 9.73. The van der Waals surface area contributed by atoms with E-state index in [4.69, 9.17) is 0 Å². The molecule has 0 aliphatic carbocycles. The first kappa shape index (κ1) is 11.9. The zero-order valence-corrected chi connectivity index (χ0v) is 9.91. The van der Waals surface area contributed by atoms with Crippen LogP contribution in [0.2, 0.25) is 0 Å². The Balaban J connectivity index is 2.59. The number of carbonyl (C=O) groups is 2. The molecule has 15 heavy (non-hydrogen) atoms. The molecule has 3 nitrogen and oxygen atoms in total. The van der Waals surface area contributed by atoms with E-state index in [0.29, 0.717) is 0 Å². The van der Waals surface area contributed by atoms with Gasteiger partial charge in [0.05, 0.1) is 6.42 Å². The lowest BCUT2D eigenvalue weighted by atomic mass is 10.1. The lowest BCUT2D eigenvalue weighted by molar-refractivity contribution is -0.158. The number of carbonyl (C=O) groups excluding carboxylic acids is 2. The van der Waals surface area contributed by atoms with Gasteiger partial charge in [-0.05, 0) is 11.6 Å². The van der Waals surface area contributed by atoms with E-state index in [0.717, 1.165) is 10.0 Å². The Hall–Kier alpha value is -1.16. The molecule has 0 saturated carbocycles. The summed E-state index contributed by atoms with van der Waals surface area (Å²) in [6, 6.07) is 7.33. The minimum absolute atomic E-state index is 0.104. The van der Waals surface area contributed by atoms with Gasteiger partial charge >= 0.3 is 11.9 Å².